The van der Waals surface area contributed by atoms with Crippen molar-refractivity contribution in [2.45, 2.75) is 32.4 Å². The van der Waals surface area contributed by atoms with Crippen LogP contribution in [0.5, 0.6) is 0 Å². The van der Waals surface area contributed by atoms with Gasteiger partial charge in [-0.2, -0.15) is 0 Å². The molecule has 0 aromatic heterocycles. The fraction of sp³-hybridized carbons (Fsp3) is 0.429. The summed E-state index contributed by atoms with van der Waals surface area (Å²) in [5.74, 6) is -0.509. The topological polar surface area (TPSA) is 49.4 Å². The van der Waals surface area contributed by atoms with Gasteiger partial charge in [-0.05, 0) is 30.5 Å². The van der Waals surface area contributed by atoms with Crippen molar-refractivity contribution < 1.29 is 14.0 Å². The lowest BCUT2D eigenvalue weighted by Gasteiger charge is -2.22. The second-order valence-corrected chi connectivity index (χ2v) is 4.71. The van der Waals surface area contributed by atoms with Crippen LogP contribution in [0.25, 0.3) is 0 Å². The van der Waals surface area contributed by atoms with E-state index in [0.717, 1.165) is 12.0 Å². The molecule has 2 amide bonds. The van der Waals surface area contributed by atoms with E-state index in [2.05, 4.69) is 5.32 Å². The molecule has 4 nitrogen and oxygen atoms in total. The molecular weight excluding hydrogens is 247 g/mol. The van der Waals surface area contributed by atoms with Crippen LogP contribution in [-0.4, -0.2) is 29.3 Å². The predicted molar refractivity (Wildman–Crippen MR) is 68.7 cm³/mol. The molecule has 1 fully saturated rings. The molecule has 0 radical (unpaired) electrons. The maximum absolute atomic E-state index is 12.7. The maximum Gasteiger partial charge on any atom is 0.243 e. The Labute approximate surface area is 111 Å². The van der Waals surface area contributed by atoms with Crippen molar-refractivity contribution in [1.29, 1.82) is 0 Å². The van der Waals surface area contributed by atoms with Crippen molar-refractivity contribution in [2.24, 2.45) is 0 Å². The number of hydrogen-bond acceptors (Lipinski definition) is 2. The predicted octanol–water partition coefficient (Wildman–Crippen LogP) is 1.45. The minimum atomic E-state index is -0.363. The Hall–Kier alpha value is -1.91. The van der Waals surface area contributed by atoms with Crippen LogP contribution in [0.15, 0.2) is 24.3 Å². The van der Waals surface area contributed by atoms with Crippen molar-refractivity contribution in [3.05, 3.63) is 35.6 Å². The number of carbonyl (C=O) groups excluding carboxylic acids is 2. The Morgan fingerprint density at radius 2 is 2.05 bits per heavy atom. The first-order valence-corrected chi connectivity index (χ1v) is 6.37. The number of nitrogens with zero attached hydrogens (tertiary/aromatic N) is 1. The highest BCUT2D eigenvalue weighted by Crippen LogP contribution is 2.17. The van der Waals surface area contributed by atoms with E-state index in [1.165, 1.54) is 19.1 Å². The van der Waals surface area contributed by atoms with E-state index in [1.54, 1.807) is 17.0 Å². The zero-order valence-corrected chi connectivity index (χ0v) is 10.9. The number of carbonyl (C=O) groups is 2. The molecule has 1 heterocycles. The molecule has 1 N–H and O–H groups in total. The zero-order chi connectivity index (χ0) is 13.8. The van der Waals surface area contributed by atoms with Crippen LogP contribution in [-0.2, 0) is 16.1 Å². The zero-order valence-electron chi connectivity index (χ0n) is 10.9. The first kappa shape index (κ1) is 13.5. The fourth-order valence-electron chi connectivity index (χ4n) is 2.33. The maximum atomic E-state index is 12.7. The van der Waals surface area contributed by atoms with Crippen LogP contribution in [0.2, 0.25) is 0 Å². The van der Waals surface area contributed by atoms with Crippen LogP contribution in [0.4, 0.5) is 4.39 Å². The van der Waals surface area contributed by atoms with Gasteiger partial charge < -0.3 is 10.2 Å². The largest absolute Gasteiger partial charge is 0.350 e. The molecule has 1 aromatic rings. The van der Waals surface area contributed by atoms with Crippen molar-refractivity contribution >= 4 is 11.8 Å². The van der Waals surface area contributed by atoms with Crippen molar-refractivity contribution in [1.82, 2.24) is 10.2 Å². The molecule has 1 atom stereocenters. The summed E-state index contributed by atoms with van der Waals surface area (Å²) in [5.41, 5.74) is 0.835. The fourth-order valence-corrected chi connectivity index (χ4v) is 2.33. The van der Waals surface area contributed by atoms with Gasteiger partial charge in [0.2, 0.25) is 11.8 Å². The molecule has 19 heavy (non-hydrogen) atoms. The monoisotopic (exact) mass is 264 g/mol. The van der Waals surface area contributed by atoms with E-state index >= 15 is 0 Å². The summed E-state index contributed by atoms with van der Waals surface area (Å²) in [4.78, 5) is 25.0. The molecule has 1 saturated heterocycles. The molecule has 0 spiro atoms. The lowest BCUT2D eigenvalue weighted by molar-refractivity contribution is -0.136. The van der Waals surface area contributed by atoms with E-state index in [0.29, 0.717) is 19.5 Å². The van der Waals surface area contributed by atoms with Crippen LogP contribution in [0.3, 0.4) is 0 Å². The van der Waals surface area contributed by atoms with Gasteiger partial charge in [-0.25, -0.2) is 4.39 Å². The highest BCUT2D eigenvalue weighted by atomic mass is 19.1. The Balaban J connectivity index is 1.90. The van der Waals surface area contributed by atoms with Gasteiger partial charge in [0.25, 0.3) is 0 Å². The van der Waals surface area contributed by atoms with E-state index in [4.69, 9.17) is 0 Å². The average Bonchev–Trinajstić information content (AvgIpc) is 2.87. The third-order valence-electron chi connectivity index (χ3n) is 3.34. The number of amides is 2. The quantitative estimate of drug-likeness (QED) is 0.898. The van der Waals surface area contributed by atoms with E-state index in [1.807, 2.05) is 0 Å². The highest BCUT2D eigenvalue weighted by molar-refractivity contribution is 5.87. The van der Waals surface area contributed by atoms with Gasteiger partial charge in [0.05, 0.1) is 0 Å². The van der Waals surface area contributed by atoms with Crippen molar-refractivity contribution in [3.8, 4) is 0 Å². The van der Waals surface area contributed by atoms with Crippen LogP contribution in [0.1, 0.15) is 25.3 Å². The van der Waals surface area contributed by atoms with Gasteiger partial charge in [-0.1, -0.05) is 12.1 Å². The minimum Gasteiger partial charge on any atom is -0.350 e. The van der Waals surface area contributed by atoms with Crippen molar-refractivity contribution in [2.75, 3.05) is 6.54 Å². The van der Waals surface area contributed by atoms with Crippen LogP contribution >= 0.6 is 0 Å². The summed E-state index contributed by atoms with van der Waals surface area (Å²) >= 11 is 0. The summed E-state index contributed by atoms with van der Waals surface area (Å²) < 4.78 is 12.7. The third kappa shape index (κ3) is 3.30. The molecule has 0 aliphatic carbocycles. The summed E-state index contributed by atoms with van der Waals surface area (Å²) in [5, 5.41) is 2.79. The van der Waals surface area contributed by atoms with Gasteiger partial charge >= 0.3 is 0 Å². The van der Waals surface area contributed by atoms with Gasteiger partial charge in [0, 0.05) is 20.0 Å². The van der Waals surface area contributed by atoms with E-state index in [-0.39, 0.29) is 23.7 Å². The summed E-state index contributed by atoms with van der Waals surface area (Å²) in [6, 6.07) is 5.62. The van der Waals surface area contributed by atoms with Gasteiger partial charge in [0.15, 0.2) is 0 Å². The van der Waals surface area contributed by atoms with Crippen LogP contribution in [0, 0.1) is 5.82 Å². The molecule has 102 valence electrons. The highest BCUT2D eigenvalue weighted by Gasteiger charge is 2.31. The Bertz CT molecular complexity index is 473. The van der Waals surface area contributed by atoms with Gasteiger partial charge in [0.1, 0.15) is 11.9 Å². The summed E-state index contributed by atoms with van der Waals surface area (Å²) in [6.07, 6.45) is 1.56. The molecule has 2 rings (SSSR count). The van der Waals surface area contributed by atoms with Gasteiger partial charge in [-0.15, -0.1) is 0 Å². The standard InChI is InChI=1S/C14H17FN2O2/c1-10(18)17-8-2-3-13(17)14(19)16-9-11-4-6-12(15)7-5-11/h4-7,13H,2-3,8-9H2,1H3,(H,16,19)/t13-/m1/s1. The lowest BCUT2D eigenvalue weighted by atomic mass is 10.2. The number of hydrogen-bond donors (Lipinski definition) is 1. The molecule has 1 aliphatic heterocycles. The minimum absolute atomic E-state index is 0.0700. The summed E-state index contributed by atoms with van der Waals surface area (Å²) in [6.45, 7) is 2.47. The molecule has 5 heteroatoms. The molecule has 0 saturated carbocycles. The molecule has 1 aliphatic rings. The first-order valence-electron chi connectivity index (χ1n) is 6.37. The smallest absolute Gasteiger partial charge is 0.243 e. The molecule has 1 aromatic carbocycles. The molecular formula is C14H17FN2O2. The number of nitrogens with one attached hydrogen (secondary N) is 1. The Morgan fingerprint density at radius 3 is 2.68 bits per heavy atom. The van der Waals surface area contributed by atoms with Crippen molar-refractivity contribution in [3.63, 3.8) is 0 Å². The molecule has 0 bridgehead atoms. The second kappa shape index (κ2) is 5.82. The first-order chi connectivity index (χ1) is 9.08. The van der Waals surface area contributed by atoms with E-state index < -0.39 is 0 Å². The normalized spacial score (nSPS) is 18.4. The van der Waals surface area contributed by atoms with E-state index in [9.17, 15) is 14.0 Å². The third-order valence-corrected chi connectivity index (χ3v) is 3.34. The second-order valence-electron chi connectivity index (χ2n) is 4.71. The number of likely N-dealkylation sites (tertiary alicyclic amines) is 1. The summed E-state index contributed by atoms with van der Waals surface area (Å²) in [7, 11) is 0. The number of benzene rings is 1. The SMILES string of the molecule is CC(=O)N1CCC[C@@H]1C(=O)NCc1ccc(F)cc1. The Morgan fingerprint density at radius 1 is 1.37 bits per heavy atom. The van der Waals surface area contributed by atoms with Gasteiger partial charge in [-0.3, -0.25) is 9.59 Å². The average molecular weight is 264 g/mol. The van der Waals surface area contributed by atoms with Crippen LogP contribution < -0.4 is 5.32 Å². The number of halogens is 1. The molecule has 0 unspecified atom stereocenters. The Kier molecular flexibility index (Phi) is 4.14. The lowest BCUT2D eigenvalue weighted by Crippen LogP contribution is -2.44. The number of rotatable bonds is 3.